The lowest BCUT2D eigenvalue weighted by atomic mass is 10.1. The Kier molecular flexibility index (Phi) is 5.52. The number of rotatable bonds is 6. The van der Waals surface area contributed by atoms with E-state index in [1.165, 1.54) is 0 Å². The zero-order chi connectivity index (χ0) is 26.0. The van der Waals surface area contributed by atoms with Crippen molar-refractivity contribution < 1.29 is 4.42 Å². The van der Waals surface area contributed by atoms with Crippen LogP contribution in [0.2, 0.25) is 0 Å². The Morgan fingerprint density at radius 1 is 0.487 bits per heavy atom. The summed E-state index contributed by atoms with van der Waals surface area (Å²) in [5.74, 6) is 2.95. The fourth-order valence-corrected chi connectivity index (χ4v) is 4.34. The Bertz CT molecular complexity index is 1830. The SMILES string of the molecule is c1ccc(-c2nnc(-c3ccc(-c4nnc(-c5ccccc5)n4-c4ccc(-c5nnn[nH]5)cc4)cc3)o2)cc1. The van der Waals surface area contributed by atoms with Crippen molar-refractivity contribution in [3.63, 3.8) is 0 Å². The standard InChI is InChI=1S/C29H19N9O/c1-3-7-20(8-4-1)26-32-33-27(38(26)24-17-15-19(16-18-24)25-30-36-37-31-25)21-11-13-23(14-12-21)29-35-34-28(39-29)22-9-5-2-6-10-22/h1-18H,(H,30,31,36,37). The molecule has 10 nitrogen and oxygen atoms in total. The van der Waals surface area contributed by atoms with Crippen molar-refractivity contribution in [3.8, 4) is 62.8 Å². The van der Waals surface area contributed by atoms with Crippen LogP contribution >= 0.6 is 0 Å². The van der Waals surface area contributed by atoms with Crippen LogP contribution in [0.1, 0.15) is 0 Å². The maximum absolute atomic E-state index is 5.93. The molecule has 0 aliphatic carbocycles. The van der Waals surface area contributed by atoms with Crippen molar-refractivity contribution in [2.24, 2.45) is 0 Å². The summed E-state index contributed by atoms with van der Waals surface area (Å²) in [5, 5.41) is 31.7. The summed E-state index contributed by atoms with van der Waals surface area (Å²) in [5.41, 5.74) is 5.31. The summed E-state index contributed by atoms with van der Waals surface area (Å²) < 4.78 is 7.96. The van der Waals surface area contributed by atoms with E-state index in [1.54, 1.807) is 0 Å². The minimum Gasteiger partial charge on any atom is -0.416 e. The van der Waals surface area contributed by atoms with Gasteiger partial charge in [0, 0.05) is 33.5 Å². The monoisotopic (exact) mass is 509 g/mol. The second kappa shape index (κ2) is 9.60. The fraction of sp³-hybridized carbons (Fsp3) is 0. The molecule has 0 radical (unpaired) electrons. The number of nitrogens with one attached hydrogen (secondary N) is 1. The molecule has 0 aliphatic rings. The first-order chi connectivity index (χ1) is 19.3. The van der Waals surface area contributed by atoms with Crippen LogP contribution in [0.4, 0.5) is 0 Å². The molecule has 0 bridgehead atoms. The molecule has 0 saturated carbocycles. The minimum atomic E-state index is 0.448. The molecule has 7 rings (SSSR count). The van der Waals surface area contributed by atoms with Crippen molar-refractivity contribution >= 4 is 0 Å². The topological polar surface area (TPSA) is 124 Å². The predicted octanol–water partition coefficient (Wildman–Crippen LogP) is 5.50. The minimum absolute atomic E-state index is 0.448. The average Bonchev–Trinajstić information content (AvgIpc) is 3.80. The molecule has 39 heavy (non-hydrogen) atoms. The number of hydrogen-bond donors (Lipinski definition) is 1. The van der Waals surface area contributed by atoms with E-state index < -0.39 is 0 Å². The van der Waals surface area contributed by atoms with Gasteiger partial charge in [-0.3, -0.25) is 4.57 Å². The van der Waals surface area contributed by atoms with E-state index in [1.807, 2.05) is 114 Å². The Hall–Kier alpha value is -5.77. The van der Waals surface area contributed by atoms with Crippen LogP contribution < -0.4 is 0 Å². The van der Waals surface area contributed by atoms with E-state index in [9.17, 15) is 0 Å². The van der Waals surface area contributed by atoms with Crippen molar-refractivity contribution in [1.29, 1.82) is 0 Å². The molecule has 0 saturated heterocycles. The van der Waals surface area contributed by atoms with Crippen molar-refractivity contribution in [1.82, 2.24) is 45.6 Å². The molecule has 0 fully saturated rings. The normalized spacial score (nSPS) is 11.1. The lowest BCUT2D eigenvalue weighted by Gasteiger charge is -2.11. The van der Waals surface area contributed by atoms with Crippen LogP contribution in [0.15, 0.2) is 114 Å². The molecule has 0 amide bonds. The molecule has 0 aliphatic heterocycles. The molecule has 3 heterocycles. The molecule has 3 aromatic heterocycles. The van der Waals surface area contributed by atoms with Crippen LogP contribution in [-0.2, 0) is 0 Å². The van der Waals surface area contributed by atoms with E-state index in [0.717, 1.165) is 39.3 Å². The molecule has 4 aromatic carbocycles. The summed E-state index contributed by atoms with van der Waals surface area (Å²) in [7, 11) is 0. The van der Waals surface area contributed by atoms with E-state index in [0.29, 0.717) is 23.4 Å². The largest absolute Gasteiger partial charge is 0.416 e. The van der Waals surface area contributed by atoms with E-state index in [-0.39, 0.29) is 0 Å². The van der Waals surface area contributed by atoms with Gasteiger partial charge >= 0.3 is 0 Å². The van der Waals surface area contributed by atoms with Gasteiger partial charge in [-0.15, -0.1) is 25.5 Å². The maximum Gasteiger partial charge on any atom is 0.248 e. The van der Waals surface area contributed by atoms with Crippen molar-refractivity contribution in [2.45, 2.75) is 0 Å². The highest BCUT2D eigenvalue weighted by atomic mass is 16.4. The zero-order valence-corrected chi connectivity index (χ0v) is 20.4. The summed E-state index contributed by atoms with van der Waals surface area (Å²) in [4.78, 5) is 0. The number of hydrogen-bond acceptors (Lipinski definition) is 8. The van der Waals surface area contributed by atoms with Crippen molar-refractivity contribution in [3.05, 3.63) is 109 Å². The quantitative estimate of drug-likeness (QED) is 0.312. The summed E-state index contributed by atoms with van der Waals surface area (Å²) in [6, 6.07) is 35.4. The van der Waals surface area contributed by atoms with Crippen LogP contribution in [0, 0.1) is 0 Å². The second-order valence-corrected chi connectivity index (χ2v) is 8.70. The third-order valence-electron chi connectivity index (χ3n) is 6.28. The van der Waals surface area contributed by atoms with Crippen molar-refractivity contribution in [2.75, 3.05) is 0 Å². The Morgan fingerprint density at radius 2 is 1.00 bits per heavy atom. The summed E-state index contributed by atoms with van der Waals surface area (Å²) in [6.45, 7) is 0. The summed E-state index contributed by atoms with van der Waals surface area (Å²) >= 11 is 0. The first-order valence-corrected chi connectivity index (χ1v) is 12.2. The molecule has 186 valence electrons. The molecule has 0 unspecified atom stereocenters. The van der Waals surface area contributed by atoms with E-state index in [4.69, 9.17) is 4.42 Å². The first-order valence-electron chi connectivity index (χ1n) is 12.2. The van der Waals surface area contributed by atoms with Gasteiger partial charge in [0.1, 0.15) is 0 Å². The smallest absolute Gasteiger partial charge is 0.248 e. The molecular formula is C29H19N9O. The Labute approximate surface area is 222 Å². The van der Waals surface area contributed by atoms with Gasteiger partial charge in [-0.25, -0.2) is 5.10 Å². The number of benzene rings is 4. The van der Waals surface area contributed by atoms with Gasteiger partial charge in [-0.2, -0.15) is 0 Å². The fourth-order valence-electron chi connectivity index (χ4n) is 4.34. The third kappa shape index (κ3) is 4.25. The van der Waals surface area contributed by atoms with Gasteiger partial charge in [0.05, 0.1) is 0 Å². The third-order valence-corrected chi connectivity index (χ3v) is 6.28. The van der Waals surface area contributed by atoms with Crippen LogP contribution in [0.25, 0.3) is 62.8 Å². The molecule has 7 aromatic rings. The van der Waals surface area contributed by atoms with Crippen LogP contribution in [-0.4, -0.2) is 45.6 Å². The van der Waals surface area contributed by atoms with Gasteiger partial charge in [-0.1, -0.05) is 60.7 Å². The lowest BCUT2D eigenvalue weighted by molar-refractivity contribution is 0.584. The van der Waals surface area contributed by atoms with Crippen LogP contribution in [0.5, 0.6) is 0 Å². The van der Waals surface area contributed by atoms with Gasteiger partial charge in [0.25, 0.3) is 0 Å². The molecule has 0 atom stereocenters. The zero-order valence-electron chi connectivity index (χ0n) is 20.4. The van der Waals surface area contributed by atoms with Crippen LogP contribution in [0.3, 0.4) is 0 Å². The maximum atomic E-state index is 5.93. The molecular weight excluding hydrogens is 490 g/mol. The van der Waals surface area contributed by atoms with Gasteiger partial charge < -0.3 is 4.42 Å². The highest BCUT2D eigenvalue weighted by Gasteiger charge is 2.18. The molecule has 0 spiro atoms. The van der Waals surface area contributed by atoms with Gasteiger partial charge in [0.2, 0.25) is 11.8 Å². The number of H-pyrrole nitrogens is 1. The van der Waals surface area contributed by atoms with Gasteiger partial charge in [0.15, 0.2) is 17.5 Å². The predicted molar refractivity (Wildman–Crippen MR) is 144 cm³/mol. The highest BCUT2D eigenvalue weighted by Crippen LogP contribution is 2.31. The number of nitrogens with zero attached hydrogens (tertiary/aromatic N) is 8. The summed E-state index contributed by atoms with van der Waals surface area (Å²) in [6.07, 6.45) is 0. The highest BCUT2D eigenvalue weighted by molar-refractivity contribution is 5.70. The van der Waals surface area contributed by atoms with E-state index >= 15 is 0 Å². The Morgan fingerprint density at radius 3 is 1.59 bits per heavy atom. The second-order valence-electron chi connectivity index (χ2n) is 8.70. The molecule has 10 heteroatoms. The lowest BCUT2D eigenvalue weighted by Crippen LogP contribution is -2.00. The molecule has 1 N–H and O–H groups in total. The number of aromatic amines is 1. The number of aromatic nitrogens is 9. The van der Waals surface area contributed by atoms with E-state index in [2.05, 4.69) is 41.0 Å². The number of tetrazole rings is 1. The first kappa shape index (κ1) is 22.4. The average molecular weight is 510 g/mol. The van der Waals surface area contributed by atoms with Gasteiger partial charge in [-0.05, 0) is 59.0 Å². The Balaban J connectivity index is 1.27.